The SMILES string of the molecule is C[C@H](C(N)=O)N1CCN(c2cc3c(cc2NC(=O)/C(C=N)=C2\N=CC=CN2)CC(C)(C)O3)CC1. The van der Waals surface area contributed by atoms with Crippen LogP contribution >= 0.6 is 0 Å². The molecule has 10 nitrogen and oxygen atoms in total. The van der Waals surface area contributed by atoms with Gasteiger partial charge in [-0.25, -0.2) is 4.99 Å². The number of primary amides is 1. The number of carbonyl (C=O) groups is 2. The maximum atomic E-state index is 13.2. The van der Waals surface area contributed by atoms with E-state index in [-0.39, 0.29) is 23.1 Å². The molecule has 0 unspecified atom stereocenters. The van der Waals surface area contributed by atoms with E-state index in [4.69, 9.17) is 15.9 Å². The summed E-state index contributed by atoms with van der Waals surface area (Å²) in [6.07, 6.45) is 6.66. The van der Waals surface area contributed by atoms with Crippen molar-refractivity contribution in [1.82, 2.24) is 10.2 Å². The minimum Gasteiger partial charge on any atom is -0.487 e. The molecule has 1 fully saturated rings. The number of nitrogens with two attached hydrogens (primary N) is 1. The van der Waals surface area contributed by atoms with Crippen LogP contribution < -0.4 is 26.0 Å². The Morgan fingerprint density at radius 2 is 2.03 bits per heavy atom. The number of ether oxygens (including phenoxy) is 1. The van der Waals surface area contributed by atoms with Crippen molar-refractivity contribution in [3.05, 3.63) is 41.4 Å². The normalized spacial score (nSPS) is 21.2. The predicted octanol–water partition coefficient (Wildman–Crippen LogP) is 1.38. The van der Waals surface area contributed by atoms with Gasteiger partial charge in [-0.15, -0.1) is 0 Å². The molecule has 180 valence electrons. The number of hydrogen-bond donors (Lipinski definition) is 4. The third-order valence-corrected chi connectivity index (χ3v) is 6.29. The van der Waals surface area contributed by atoms with Crippen LogP contribution in [-0.2, 0) is 16.0 Å². The van der Waals surface area contributed by atoms with Crippen LogP contribution in [0.3, 0.4) is 0 Å². The van der Waals surface area contributed by atoms with E-state index in [9.17, 15) is 9.59 Å². The summed E-state index contributed by atoms with van der Waals surface area (Å²) in [6, 6.07) is 3.60. The van der Waals surface area contributed by atoms with Crippen molar-refractivity contribution in [2.45, 2.75) is 38.8 Å². The molecule has 10 heteroatoms. The van der Waals surface area contributed by atoms with Gasteiger partial charge in [0.25, 0.3) is 5.91 Å². The molecule has 1 aromatic rings. The van der Waals surface area contributed by atoms with Crippen molar-refractivity contribution in [2.75, 3.05) is 36.4 Å². The van der Waals surface area contributed by atoms with Gasteiger partial charge in [-0.2, -0.15) is 0 Å². The smallest absolute Gasteiger partial charge is 0.261 e. The molecule has 0 saturated carbocycles. The minimum atomic E-state index is -0.426. The molecule has 3 heterocycles. The molecule has 0 spiro atoms. The summed E-state index contributed by atoms with van der Waals surface area (Å²) in [6.45, 7) is 8.55. The average Bonchev–Trinajstić information content (AvgIpc) is 3.12. The third kappa shape index (κ3) is 4.81. The number of benzene rings is 1. The maximum absolute atomic E-state index is 13.2. The van der Waals surface area contributed by atoms with Crippen molar-refractivity contribution >= 4 is 35.6 Å². The monoisotopic (exact) mass is 465 g/mol. The molecule has 0 radical (unpaired) electrons. The molecular formula is C24H31N7O3. The van der Waals surface area contributed by atoms with Crippen LogP contribution in [0.4, 0.5) is 11.4 Å². The fourth-order valence-electron chi connectivity index (χ4n) is 4.43. The van der Waals surface area contributed by atoms with E-state index in [1.165, 1.54) is 0 Å². The van der Waals surface area contributed by atoms with Crippen LogP contribution in [0.1, 0.15) is 26.3 Å². The van der Waals surface area contributed by atoms with Gasteiger partial charge >= 0.3 is 0 Å². The summed E-state index contributed by atoms with van der Waals surface area (Å²) in [7, 11) is 0. The zero-order valence-corrected chi connectivity index (χ0v) is 19.7. The van der Waals surface area contributed by atoms with E-state index in [1.54, 1.807) is 18.5 Å². The average molecular weight is 466 g/mol. The van der Waals surface area contributed by atoms with E-state index >= 15 is 0 Å². The Kier molecular flexibility index (Phi) is 6.43. The van der Waals surface area contributed by atoms with E-state index in [1.807, 2.05) is 32.9 Å². The lowest BCUT2D eigenvalue weighted by atomic mass is 10.0. The third-order valence-electron chi connectivity index (χ3n) is 6.29. The van der Waals surface area contributed by atoms with Gasteiger partial charge in [-0.3, -0.25) is 14.5 Å². The van der Waals surface area contributed by atoms with E-state index in [0.717, 1.165) is 29.6 Å². The number of amides is 2. The summed E-state index contributed by atoms with van der Waals surface area (Å²) < 4.78 is 6.15. The second-order valence-electron chi connectivity index (χ2n) is 9.26. The molecule has 0 bridgehead atoms. The number of fused-ring (bicyclic) bond motifs is 1. The summed E-state index contributed by atoms with van der Waals surface area (Å²) in [5.41, 5.74) is 7.79. The Balaban J connectivity index is 1.62. The van der Waals surface area contributed by atoms with Gasteiger partial charge in [0.15, 0.2) is 0 Å². The van der Waals surface area contributed by atoms with Crippen LogP contribution in [0.25, 0.3) is 0 Å². The molecule has 1 atom stereocenters. The van der Waals surface area contributed by atoms with Crippen LogP contribution in [0, 0.1) is 5.41 Å². The zero-order valence-electron chi connectivity index (χ0n) is 19.7. The highest BCUT2D eigenvalue weighted by atomic mass is 16.5. The fourth-order valence-corrected chi connectivity index (χ4v) is 4.43. The quantitative estimate of drug-likeness (QED) is 0.370. The molecule has 0 aliphatic carbocycles. The number of anilines is 2. The molecule has 3 aliphatic rings. The van der Waals surface area contributed by atoms with Crippen LogP contribution in [0.15, 0.2) is 40.8 Å². The first-order valence-corrected chi connectivity index (χ1v) is 11.3. The topological polar surface area (TPSA) is 136 Å². The lowest BCUT2D eigenvalue weighted by molar-refractivity contribution is -0.122. The predicted molar refractivity (Wildman–Crippen MR) is 133 cm³/mol. The first kappa shape index (κ1) is 23.5. The number of aliphatic imine (C=N–C) groups is 1. The first-order chi connectivity index (χ1) is 16.2. The molecule has 4 rings (SSSR count). The van der Waals surface area contributed by atoms with E-state index in [0.29, 0.717) is 37.7 Å². The Morgan fingerprint density at radius 1 is 1.29 bits per heavy atom. The largest absolute Gasteiger partial charge is 0.487 e. The summed E-state index contributed by atoms with van der Waals surface area (Å²) in [5.74, 6) is 0.359. The molecule has 0 aromatic heterocycles. The Bertz CT molecular complexity index is 1100. The van der Waals surface area contributed by atoms with Gasteiger partial charge in [-0.1, -0.05) is 0 Å². The molecule has 34 heavy (non-hydrogen) atoms. The number of nitrogens with one attached hydrogen (secondary N) is 3. The van der Waals surface area contributed by atoms with Crippen molar-refractivity contribution in [3.63, 3.8) is 0 Å². The molecular weight excluding hydrogens is 434 g/mol. The van der Waals surface area contributed by atoms with Crippen molar-refractivity contribution < 1.29 is 14.3 Å². The summed E-state index contributed by atoms with van der Waals surface area (Å²) >= 11 is 0. The van der Waals surface area contributed by atoms with E-state index < -0.39 is 5.91 Å². The molecule has 2 amide bonds. The lowest BCUT2D eigenvalue weighted by Crippen LogP contribution is -2.53. The van der Waals surface area contributed by atoms with E-state index in [2.05, 4.69) is 25.4 Å². The van der Waals surface area contributed by atoms with Crippen LogP contribution in [0.2, 0.25) is 0 Å². The van der Waals surface area contributed by atoms with Gasteiger partial charge in [0.05, 0.1) is 23.0 Å². The summed E-state index contributed by atoms with van der Waals surface area (Å²) in [5, 5.41) is 13.7. The van der Waals surface area contributed by atoms with Gasteiger partial charge < -0.3 is 31.4 Å². The van der Waals surface area contributed by atoms with Gasteiger partial charge in [0.2, 0.25) is 5.91 Å². The maximum Gasteiger partial charge on any atom is 0.261 e. The highest BCUT2D eigenvalue weighted by Crippen LogP contribution is 2.42. The second-order valence-corrected chi connectivity index (χ2v) is 9.26. The number of nitrogens with zero attached hydrogens (tertiary/aromatic N) is 3. The van der Waals surface area contributed by atoms with Gasteiger partial charge in [0, 0.05) is 62.9 Å². The zero-order chi connectivity index (χ0) is 24.5. The number of allylic oxidation sites excluding steroid dienone is 1. The minimum absolute atomic E-state index is 0.128. The number of hydrogen-bond acceptors (Lipinski definition) is 8. The van der Waals surface area contributed by atoms with Crippen molar-refractivity contribution in [2.24, 2.45) is 10.7 Å². The highest BCUT2D eigenvalue weighted by Gasteiger charge is 2.33. The van der Waals surface area contributed by atoms with Crippen molar-refractivity contribution in [1.29, 1.82) is 5.41 Å². The van der Waals surface area contributed by atoms with Crippen LogP contribution in [0.5, 0.6) is 5.75 Å². The number of rotatable bonds is 6. The second kappa shape index (κ2) is 9.30. The highest BCUT2D eigenvalue weighted by molar-refractivity contribution is 6.18. The number of piperazine rings is 1. The summed E-state index contributed by atoms with van der Waals surface area (Å²) in [4.78, 5) is 33.1. The molecule has 1 aromatic carbocycles. The Labute approximate surface area is 199 Å². The Morgan fingerprint density at radius 3 is 2.65 bits per heavy atom. The molecule has 1 saturated heterocycles. The Hall–Kier alpha value is -3.66. The first-order valence-electron chi connectivity index (χ1n) is 11.3. The molecule has 3 aliphatic heterocycles. The van der Waals surface area contributed by atoms with Crippen molar-refractivity contribution in [3.8, 4) is 5.75 Å². The van der Waals surface area contributed by atoms with Crippen LogP contribution in [-0.4, -0.2) is 67.0 Å². The number of carbonyl (C=O) groups excluding carboxylic acids is 2. The molecule has 5 N–H and O–H groups in total. The van der Waals surface area contributed by atoms with Gasteiger partial charge in [0.1, 0.15) is 17.2 Å². The van der Waals surface area contributed by atoms with Gasteiger partial charge in [-0.05, 0) is 32.9 Å². The lowest BCUT2D eigenvalue weighted by Gasteiger charge is -2.38. The standard InChI is InChI=1S/C24H31N7O3/c1-15(21(26)32)30-7-9-31(10-8-30)19-12-20-16(13-24(2,3)34-20)11-18(19)29-23(33)17(14-25)22-27-5-4-6-28-22/h4-6,11-12,14-15,25,27H,7-10,13H2,1-3H3,(H2,26,32)(H,29,33)/b22-17-,25-14?/t15-/m1/s1. The fraction of sp³-hybridized carbons (Fsp3) is 0.417.